The second-order valence-electron chi connectivity index (χ2n) is 4.93. The minimum atomic E-state index is -0.0925. The van der Waals surface area contributed by atoms with E-state index in [1.807, 2.05) is 0 Å². The quantitative estimate of drug-likeness (QED) is 0.756. The first-order valence-electron chi connectivity index (χ1n) is 6.96. The molecule has 18 heavy (non-hydrogen) atoms. The number of rotatable bonds is 7. The Morgan fingerprint density at radius 1 is 1.39 bits per heavy atom. The Morgan fingerprint density at radius 2 is 2.28 bits per heavy atom. The molecule has 1 aliphatic heterocycles. The van der Waals surface area contributed by atoms with Crippen LogP contribution in [0.3, 0.4) is 0 Å². The Morgan fingerprint density at radius 3 is 2.94 bits per heavy atom. The molecule has 1 aromatic heterocycles. The minimum absolute atomic E-state index is 0.0925. The van der Waals surface area contributed by atoms with Gasteiger partial charge in [0.05, 0.1) is 5.54 Å². The van der Waals surface area contributed by atoms with E-state index >= 15 is 0 Å². The standard InChI is InChI=1S/C13H23N3O2/c1-3-6-13(7-5-8-14-13)12-15-11(16-18-12)10-17-9-4-2/h14H,3-10H2,1-2H3. The van der Waals surface area contributed by atoms with E-state index in [0.717, 1.165) is 44.7 Å². The van der Waals surface area contributed by atoms with Gasteiger partial charge in [-0.1, -0.05) is 25.4 Å². The molecule has 0 spiro atoms. The highest BCUT2D eigenvalue weighted by molar-refractivity contribution is 5.06. The first kappa shape index (κ1) is 13.5. The summed E-state index contributed by atoms with van der Waals surface area (Å²) in [5.74, 6) is 1.39. The second kappa shape index (κ2) is 6.29. The van der Waals surface area contributed by atoms with Gasteiger partial charge in [-0.25, -0.2) is 0 Å². The number of hydrogen-bond acceptors (Lipinski definition) is 5. The van der Waals surface area contributed by atoms with Crippen LogP contribution >= 0.6 is 0 Å². The molecule has 0 radical (unpaired) electrons. The third kappa shape index (κ3) is 2.90. The maximum Gasteiger partial charge on any atom is 0.247 e. The van der Waals surface area contributed by atoms with Gasteiger partial charge < -0.3 is 14.6 Å². The summed E-state index contributed by atoms with van der Waals surface area (Å²) in [6.45, 7) is 6.48. The van der Waals surface area contributed by atoms with Crippen LogP contribution < -0.4 is 5.32 Å². The first-order chi connectivity index (χ1) is 8.80. The van der Waals surface area contributed by atoms with Crippen LogP contribution in [0.2, 0.25) is 0 Å². The zero-order valence-electron chi connectivity index (χ0n) is 11.4. The molecule has 2 heterocycles. The van der Waals surface area contributed by atoms with Gasteiger partial charge in [0.2, 0.25) is 5.89 Å². The summed E-state index contributed by atoms with van der Waals surface area (Å²) in [4.78, 5) is 4.49. The molecule has 0 bridgehead atoms. The molecule has 1 atom stereocenters. The lowest BCUT2D eigenvalue weighted by atomic mass is 9.92. The Labute approximate surface area is 108 Å². The van der Waals surface area contributed by atoms with Crippen molar-refractivity contribution in [2.45, 2.75) is 58.1 Å². The van der Waals surface area contributed by atoms with Crippen molar-refractivity contribution in [3.05, 3.63) is 11.7 Å². The maximum atomic E-state index is 5.43. The number of ether oxygens (including phenoxy) is 1. The van der Waals surface area contributed by atoms with Crippen molar-refractivity contribution in [3.8, 4) is 0 Å². The smallest absolute Gasteiger partial charge is 0.247 e. The fourth-order valence-corrected chi connectivity index (χ4v) is 2.55. The lowest BCUT2D eigenvalue weighted by molar-refractivity contribution is 0.114. The average Bonchev–Trinajstić information content (AvgIpc) is 2.99. The van der Waals surface area contributed by atoms with Crippen molar-refractivity contribution >= 4 is 0 Å². The molecule has 1 aromatic rings. The SMILES string of the molecule is CCCOCc1noc(C2(CCC)CCCN2)n1. The molecule has 1 aliphatic rings. The van der Waals surface area contributed by atoms with E-state index in [9.17, 15) is 0 Å². The molecular formula is C13H23N3O2. The van der Waals surface area contributed by atoms with Gasteiger partial charge in [-0.05, 0) is 32.2 Å². The van der Waals surface area contributed by atoms with E-state index < -0.39 is 0 Å². The van der Waals surface area contributed by atoms with Crippen LogP contribution in [-0.2, 0) is 16.9 Å². The first-order valence-corrected chi connectivity index (χ1v) is 6.96. The van der Waals surface area contributed by atoms with E-state index in [4.69, 9.17) is 9.26 Å². The molecular weight excluding hydrogens is 230 g/mol. The van der Waals surface area contributed by atoms with Gasteiger partial charge in [-0.3, -0.25) is 0 Å². The van der Waals surface area contributed by atoms with Crippen molar-refractivity contribution in [1.82, 2.24) is 15.5 Å². The van der Waals surface area contributed by atoms with Crippen molar-refractivity contribution in [3.63, 3.8) is 0 Å². The van der Waals surface area contributed by atoms with Crippen molar-refractivity contribution in [2.75, 3.05) is 13.2 Å². The summed E-state index contributed by atoms with van der Waals surface area (Å²) < 4.78 is 10.9. The van der Waals surface area contributed by atoms with Crippen molar-refractivity contribution < 1.29 is 9.26 Å². The van der Waals surface area contributed by atoms with Crippen LogP contribution in [0.5, 0.6) is 0 Å². The number of nitrogens with one attached hydrogen (secondary N) is 1. The fraction of sp³-hybridized carbons (Fsp3) is 0.846. The Bertz CT molecular complexity index is 359. The number of nitrogens with zero attached hydrogens (tertiary/aromatic N) is 2. The summed E-state index contributed by atoms with van der Waals surface area (Å²) in [7, 11) is 0. The van der Waals surface area contributed by atoms with E-state index in [1.54, 1.807) is 0 Å². The molecule has 5 heteroatoms. The van der Waals surface area contributed by atoms with Crippen LogP contribution in [0, 0.1) is 0 Å². The monoisotopic (exact) mass is 253 g/mol. The average molecular weight is 253 g/mol. The van der Waals surface area contributed by atoms with E-state index in [0.29, 0.717) is 12.4 Å². The number of hydrogen-bond donors (Lipinski definition) is 1. The third-order valence-corrected chi connectivity index (χ3v) is 3.38. The lowest BCUT2D eigenvalue weighted by Crippen LogP contribution is -2.37. The molecule has 0 aliphatic carbocycles. The van der Waals surface area contributed by atoms with Gasteiger partial charge in [0.1, 0.15) is 6.61 Å². The molecule has 1 unspecified atom stereocenters. The van der Waals surface area contributed by atoms with E-state index in [1.165, 1.54) is 6.42 Å². The minimum Gasteiger partial charge on any atom is -0.373 e. The van der Waals surface area contributed by atoms with Gasteiger partial charge in [0.25, 0.3) is 0 Å². The van der Waals surface area contributed by atoms with Crippen molar-refractivity contribution in [1.29, 1.82) is 0 Å². The van der Waals surface area contributed by atoms with Crippen molar-refractivity contribution in [2.24, 2.45) is 0 Å². The summed E-state index contributed by atoms with van der Waals surface area (Å²) in [6.07, 6.45) is 5.41. The maximum absolute atomic E-state index is 5.43. The molecule has 0 amide bonds. The largest absolute Gasteiger partial charge is 0.373 e. The summed E-state index contributed by atoms with van der Waals surface area (Å²) in [5, 5.41) is 7.54. The molecule has 1 N–H and O–H groups in total. The summed E-state index contributed by atoms with van der Waals surface area (Å²) in [6, 6.07) is 0. The Kier molecular flexibility index (Phi) is 4.72. The molecule has 102 valence electrons. The fourth-order valence-electron chi connectivity index (χ4n) is 2.55. The van der Waals surface area contributed by atoms with Crippen LogP contribution in [0.1, 0.15) is 57.7 Å². The zero-order chi connectivity index (χ0) is 12.8. The third-order valence-electron chi connectivity index (χ3n) is 3.38. The van der Waals surface area contributed by atoms with Gasteiger partial charge >= 0.3 is 0 Å². The van der Waals surface area contributed by atoms with Crippen LogP contribution in [0.25, 0.3) is 0 Å². The molecule has 2 rings (SSSR count). The molecule has 5 nitrogen and oxygen atoms in total. The van der Waals surface area contributed by atoms with Gasteiger partial charge in [-0.15, -0.1) is 0 Å². The topological polar surface area (TPSA) is 60.2 Å². The van der Waals surface area contributed by atoms with E-state index in [2.05, 4.69) is 29.3 Å². The lowest BCUT2D eigenvalue weighted by Gasteiger charge is -2.24. The summed E-state index contributed by atoms with van der Waals surface area (Å²) >= 11 is 0. The normalized spacial score (nSPS) is 23.7. The molecule has 1 fully saturated rings. The van der Waals surface area contributed by atoms with Crippen LogP contribution in [-0.4, -0.2) is 23.3 Å². The molecule has 0 saturated carbocycles. The zero-order valence-corrected chi connectivity index (χ0v) is 11.4. The highest BCUT2D eigenvalue weighted by Crippen LogP contribution is 2.34. The predicted octanol–water partition coefficient (Wildman–Crippen LogP) is 2.38. The van der Waals surface area contributed by atoms with E-state index in [-0.39, 0.29) is 5.54 Å². The van der Waals surface area contributed by atoms with Crippen LogP contribution in [0.4, 0.5) is 0 Å². The summed E-state index contributed by atoms with van der Waals surface area (Å²) in [5.41, 5.74) is -0.0925. The molecule has 0 aromatic carbocycles. The number of aromatic nitrogens is 2. The molecule has 1 saturated heterocycles. The Hall–Kier alpha value is -0.940. The predicted molar refractivity (Wildman–Crippen MR) is 68.1 cm³/mol. The van der Waals surface area contributed by atoms with Gasteiger partial charge in [0.15, 0.2) is 5.82 Å². The second-order valence-corrected chi connectivity index (χ2v) is 4.93. The van der Waals surface area contributed by atoms with Gasteiger partial charge in [-0.2, -0.15) is 4.98 Å². The Balaban J connectivity index is 2.02. The highest BCUT2D eigenvalue weighted by Gasteiger charge is 2.39. The highest BCUT2D eigenvalue weighted by atomic mass is 16.5. The van der Waals surface area contributed by atoms with Gasteiger partial charge in [0, 0.05) is 6.61 Å². The van der Waals surface area contributed by atoms with Crippen LogP contribution in [0.15, 0.2) is 4.52 Å².